The quantitative estimate of drug-likeness (QED) is 0.457. The van der Waals surface area contributed by atoms with E-state index in [-0.39, 0.29) is 0 Å². The van der Waals surface area contributed by atoms with Gasteiger partial charge in [0.05, 0.1) is 26.2 Å². The van der Waals surface area contributed by atoms with Crippen LogP contribution in [0.15, 0.2) is 0 Å². The van der Waals surface area contributed by atoms with Gasteiger partial charge in [0, 0.05) is 12.8 Å². The van der Waals surface area contributed by atoms with Gasteiger partial charge in [-0.2, -0.15) is 0 Å². The minimum absolute atomic E-state index is 1.38. The molecule has 2 aliphatic heterocycles. The molecule has 2 nitrogen and oxygen atoms in total. The molecule has 2 heteroatoms. The van der Waals surface area contributed by atoms with E-state index >= 15 is 0 Å². The molecule has 0 aliphatic carbocycles. The zero-order chi connectivity index (χ0) is 7.78. The van der Waals surface area contributed by atoms with Crippen LogP contribution < -0.4 is 10.6 Å². The summed E-state index contributed by atoms with van der Waals surface area (Å²) < 4.78 is 0. The Bertz CT molecular complexity index is 56.5. The van der Waals surface area contributed by atoms with Gasteiger partial charge in [0.15, 0.2) is 0 Å². The molecule has 0 atom stereocenters. The molecule has 0 aromatic heterocycles. The second kappa shape index (κ2) is 6.62. The monoisotopic (exact) mass is 158 g/mol. The summed E-state index contributed by atoms with van der Waals surface area (Å²) in [7, 11) is 0. The van der Waals surface area contributed by atoms with Crippen molar-refractivity contribution in [2.75, 3.05) is 26.2 Å². The predicted molar refractivity (Wildman–Crippen MR) is 46.4 cm³/mol. The molecule has 11 heavy (non-hydrogen) atoms. The van der Waals surface area contributed by atoms with Gasteiger partial charge in [-0.3, -0.25) is 0 Å². The zero-order valence-corrected chi connectivity index (χ0v) is 7.52. The van der Waals surface area contributed by atoms with E-state index in [1.54, 1.807) is 0 Å². The molecule has 0 aromatic carbocycles. The third kappa shape index (κ3) is 5.22. The number of hydrogen-bond donors (Lipinski definition) is 2. The second-order valence-corrected chi connectivity index (χ2v) is 3.50. The van der Waals surface area contributed by atoms with Crippen molar-refractivity contribution in [1.82, 2.24) is 0 Å². The summed E-state index contributed by atoms with van der Waals surface area (Å²) >= 11 is 0. The average Bonchev–Trinajstić information content (AvgIpc) is 2.64. The summed E-state index contributed by atoms with van der Waals surface area (Å²) in [6, 6.07) is 0. The number of hydrogen-bond acceptors (Lipinski definition) is 0. The Labute approximate surface area is 69.8 Å². The molecule has 66 valence electrons. The number of rotatable bonds is 0. The largest absolute Gasteiger partial charge is 0.346 e. The fourth-order valence-electron chi connectivity index (χ4n) is 1.62. The van der Waals surface area contributed by atoms with Crippen molar-refractivity contribution < 1.29 is 10.6 Å². The lowest BCUT2D eigenvalue weighted by Gasteiger charge is -2.05. The van der Waals surface area contributed by atoms with Crippen LogP contribution in [0.2, 0.25) is 0 Å². The molecule has 2 rings (SSSR count). The van der Waals surface area contributed by atoms with Crippen molar-refractivity contribution in [3.05, 3.63) is 0 Å². The third-order valence-corrected chi connectivity index (χ3v) is 2.38. The van der Waals surface area contributed by atoms with Gasteiger partial charge in [0.25, 0.3) is 0 Å². The van der Waals surface area contributed by atoms with Crippen LogP contribution >= 0.6 is 0 Å². The van der Waals surface area contributed by atoms with Crippen molar-refractivity contribution in [3.8, 4) is 0 Å². The van der Waals surface area contributed by atoms with Gasteiger partial charge < -0.3 is 10.6 Å². The average molecular weight is 158 g/mol. The van der Waals surface area contributed by atoms with Crippen molar-refractivity contribution >= 4 is 0 Å². The van der Waals surface area contributed by atoms with Crippen molar-refractivity contribution in [2.24, 2.45) is 0 Å². The Hall–Kier alpha value is -0.0800. The highest BCUT2D eigenvalue weighted by atomic mass is 14.9. The lowest BCUT2D eigenvalue weighted by atomic mass is 10.2. The number of quaternary nitrogens is 2. The van der Waals surface area contributed by atoms with E-state index in [1.165, 1.54) is 58.3 Å². The van der Waals surface area contributed by atoms with Gasteiger partial charge in [-0.15, -0.1) is 0 Å². The van der Waals surface area contributed by atoms with Gasteiger partial charge >= 0.3 is 0 Å². The Morgan fingerprint density at radius 3 is 1.00 bits per heavy atom. The standard InChI is InChI=1S/C5H11N.C4H9N/c1-2-4-6-5-3-1;1-2-4-5-3-1/h6H,1-5H2;5H,1-4H2/p+2. The van der Waals surface area contributed by atoms with Crippen molar-refractivity contribution in [3.63, 3.8) is 0 Å². The molecule has 2 aliphatic rings. The summed E-state index contributed by atoms with van der Waals surface area (Å²) in [6.45, 7) is 5.50. The predicted octanol–water partition coefficient (Wildman–Crippen LogP) is -0.923. The minimum Gasteiger partial charge on any atom is -0.346 e. The van der Waals surface area contributed by atoms with Gasteiger partial charge in [-0.1, -0.05) is 0 Å². The van der Waals surface area contributed by atoms with Crippen LogP contribution in [0.3, 0.4) is 0 Å². The maximum absolute atomic E-state index is 2.39. The van der Waals surface area contributed by atoms with Crippen LogP contribution in [0.5, 0.6) is 0 Å². The van der Waals surface area contributed by atoms with Crippen LogP contribution in [-0.4, -0.2) is 26.2 Å². The van der Waals surface area contributed by atoms with Crippen LogP contribution in [0, 0.1) is 0 Å². The minimum atomic E-state index is 1.38. The molecule has 0 unspecified atom stereocenters. The van der Waals surface area contributed by atoms with Gasteiger partial charge in [0.2, 0.25) is 0 Å². The first-order valence-corrected chi connectivity index (χ1v) is 5.13. The van der Waals surface area contributed by atoms with Crippen molar-refractivity contribution in [2.45, 2.75) is 32.1 Å². The highest BCUT2D eigenvalue weighted by Crippen LogP contribution is 1.91. The van der Waals surface area contributed by atoms with Gasteiger partial charge in [0.1, 0.15) is 0 Å². The van der Waals surface area contributed by atoms with E-state index in [9.17, 15) is 0 Å². The Morgan fingerprint density at radius 2 is 0.818 bits per heavy atom. The van der Waals surface area contributed by atoms with Crippen molar-refractivity contribution in [1.29, 1.82) is 0 Å². The summed E-state index contributed by atoms with van der Waals surface area (Å²) in [5.74, 6) is 0. The van der Waals surface area contributed by atoms with E-state index in [0.29, 0.717) is 0 Å². The first-order chi connectivity index (χ1) is 5.50. The van der Waals surface area contributed by atoms with Gasteiger partial charge in [-0.25, -0.2) is 0 Å². The van der Waals surface area contributed by atoms with Crippen LogP contribution in [0.1, 0.15) is 32.1 Å². The summed E-state index contributed by atoms with van der Waals surface area (Å²) in [5, 5.41) is 4.75. The van der Waals surface area contributed by atoms with E-state index in [2.05, 4.69) is 10.6 Å². The smallest absolute Gasteiger partial charge is 0.0757 e. The highest BCUT2D eigenvalue weighted by molar-refractivity contribution is 4.40. The fourth-order valence-corrected chi connectivity index (χ4v) is 1.62. The van der Waals surface area contributed by atoms with Crippen LogP contribution in [0.25, 0.3) is 0 Å². The van der Waals surface area contributed by atoms with E-state index < -0.39 is 0 Å². The summed E-state index contributed by atoms with van der Waals surface area (Å²) in [6.07, 6.45) is 7.25. The highest BCUT2D eigenvalue weighted by Gasteiger charge is 1.98. The van der Waals surface area contributed by atoms with E-state index in [0.717, 1.165) is 0 Å². The van der Waals surface area contributed by atoms with Crippen LogP contribution in [-0.2, 0) is 0 Å². The molecule has 2 saturated heterocycles. The molecule has 2 fully saturated rings. The second-order valence-electron chi connectivity index (χ2n) is 3.50. The summed E-state index contributed by atoms with van der Waals surface area (Å²) in [5.41, 5.74) is 0. The molecular weight excluding hydrogens is 136 g/mol. The van der Waals surface area contributed by atoms with Gasteiger partial charge in [-0.05, 0) is 19.3 Å². The third-order valence-electron chi connectivity index (χ3n) is 2.38. The molecular formula is C9H22N2+2. The molecule has 4 N–H and O–H groups in total. The molecule has 0 radical (unpaired) electrons. The number of piperidine rings is 1. The first-order valence-electron chi connectivity index (χ1n) is 5.13. The topological polar surface area (TPSA) is 33.2 Å². The van der Waals surface area contributed by atoms with E-state index in [4.69, 9.17) is 0 Å². The fraction of sp³-hybridized carbons (Fsp3) is 1.00. The Morgan fingerprint density at radius 1 is 0.455 bits per heavy atom. The zero-order valence-electron chi connectivity index (χ0n) is 7.52. The molecule has 2 heterocycles. The normalized spacial score (nSPS) is 24.0. The maximum Gasteiger partial charge on any atom is 0.0757 e. The Balaban J connectivity index is 0.000000112. The lowest BCUT2D eigenvalue weighted by molar-refractivity contribution is -0.662. The maximum atomic E-state index is 2.39. The lowest BCUT2D eigenvalue weighted by Crippen LogP contribution is -2.85. The first kappa shape index (κ1) is 9.01. The molecule has 0 spiro atoms. The molecule has 0 saturated carbocycles. The number of nitrogens with two attached hydrogens (primary N) is 2. The SMILES string of the molecule is C1CC[NH2+]C1.C1CC[NH2+]CC1. The van der Waals surface area contributed by atoms with Crippen LogP contribution in [0.4, 0.5) is 0 Å². The molecule has 0 bridgehead atoms. The molecule has 0 amide bonds. The Kier molecular flexibility index (Phi) is 5.42. The summed E-state index contributed by atoms with van der Waals surface area (Å²) in [4.78, 5) is 0. The molecule has 0 aromatic rings. The van der Waals surface area contributed by atoms with E-state index in [1.807, 2.05) is 0 Å².